The Hall–Kier alpha value is -3.50. The van der Waals surface area contributed by atoms with Crippen LogP contribution in [-0.2, 0) is 14.3 Å². The third kappa shape index (κ3) is 6.44. The van der Waals surface area contributed by atoms with Crippen LogP contribution in [0.2, 0.25) is 5.02 Å². The summed E-state index contributed by atoms with van der Waals surface area (Å²) in [7, 11) is 0. The van der Waals surface area contributed by atoms with Crippen molar-refractivity contribution in [3.8, 4) is 22.8 Å². The fraction of sp³-hybridized carbons (Fsp3) is 0.452. The van der Waals surface area contributed by atoms with E-state index in [-0.39, 0.29) is 29.5 Å². The first-order chi connectivity index (χ1) is 19.8. The maximum atomic E-state index is 15.3. The van der Waals surface area contributed by atoms with Crippen LogP contribution in [0.1, 0.15) is 57.9 Å². The number of benzene rings is 1. The van der Waals surface area contributed by atoms with Crippen LogP contribution in [-0.4, -0.2) is 48.0 Å². The first kappa shape index (κ1) is 30.0. The number of ether oxygens (including phenoxy) is 4. The normalized spacial score (nSPS) is 19.5. The fourth-order valence-corrected chi connectivity index (χ4v) is 5.42. The van der Waals surface area contributed by atoms with Crippen molar-refractivity contribution in [2.75, 3.05) is 31.2 Å². The van der Waals surface area contributed by atoms with Gasteiger partial charge in [-0.2, -0.15) is 0 Å². The molecule has 3 aromatic rings. The molecule has 2 saturated heterocycles. The van der Waals surface area contributed by atoms with Crippen LogP contribution in [0.15, 0.2) is 36.7 Å². The second kappa shape index (κ2) is 11.6. The summed E-state index contributed by atoms with van der Waals surface area (Å²) in [5.74, 6) is -2.61. The van der Waals surface area contributed by atoms with E-state index in [2.05, 4.69) is 28.7 Å². The van der Waals surface area contributed by atoms with E-state index in [9.17, 15) is 9.18 Å². The Kier molecular flexibility index (Phi) is 8.31. The van der Waals surface area contributed by atoms with Gasteiger partial charge in [0, 0.05) is 61.7 Å². The van der Waals surface area contributed by atoms with Crippen LogP contribution in [0.5, 0.6) is 11.6 Å². The molecule has 0 bridgehead atoms. The van der Waals surface area contributed by atoms with Gasteiger partial charge in [0.15, 0.2) is 11.9 Å². The molecule has 0 unspecified atom stereocenters. The van der Waals surface area contributed by atoms with Gasteiger partial charge in [0.1, 0.15) is 24.8 Å². The SMILES string of the molecule is Cc1ncc(-c2cnc(OCCOc3ccc(F)cc3Cl)c(F)c2)c(N2CCC(C)(C)CC2)c1[C@@H]1OC(C)(C)OC1=O. The largest absolute Gasteiger partial charge is 0.488 e. The van der Waals surface area contributed by atoms with Crippen molar-refractivity contribution in [1.29, 1.82) is 0 Å². The maximum absolute atomic E-state index is 15.3. The van der Waals surface area contributed by atoms with Crippen LogP contribution < -0.4 is 14.4 Å². The third-order valence-corrected chi connectivity index (χ3v) is 7.83. The lowest BCUT2D eigenvalue weighted by atomic mass is 9.82. The smallest absolute Gasteiger partial charge is 0.342 e. The van der Waals surface area contributed by atoms with Gasteiger partial charge in [-0.05, 0) is 49.4 Å². The number of carbonyl (C=O) groups excluding carboxylic acids is 1. The Morgan fingerprint density at radius 3 is 2.40 bits per heavy atom. The number of nitrogens with zero attached hydrogens (tertiary/aromatic N) is 3. The zero-order chi connectivity index (χ0) is 30.2. The zero-order valence-electron chi connectivity index (χ0n) is 24.3. The lowest BCUT2D eigenvalue weighted by Crippen LogP contribution is -2.38. The minimum atomic E-state index is -1.08. The lowest BCUT2D eigenvalue weighted by Gasteiger charge is -2.40. The standard InChI is InChI=1S/C31H34ClF2N3O5/c1-18-25(27-29(38)42-31(4,5)41-27)26(37-10-8-30(2,3)9-11-37)21(17-35-18)19-14-23(34)28(36-16-19)40-13-12-39-24-7-6-20(33)15-22(24)32/h6-7,14-17,27H,8-13H2,1-5H3/t27-/m0/s1. The molecule has 4 heterocycles. The molecule has 1 atom stereocenters. The van der Waals surface area contributed by atoms with Crippen LogP contribution in [0.4, 0.5) is 14.5 Å². The minimum Gasteiger partial charge on any atom is -0.488 e. The third-order valence-electron chi connectivity index (χ3n) is 7.54. The van der Waals surface area contributed by atoms with E-state index < -0.39 is 29.5 Å². The quantitative estimate of drug-likeness (QED) is 0.205. The number of carbonyl (C=O) groups is 1. The molecule has 2 fully saturated rings. The van der Waals surface area contributed by atoms with Crippen LogP contribution >= 0.6 is 11.6 Å². The first-order valence-corrected chi connectivity index (χ1v) is 14.2. The summed E-state index contributed by atoms with van der Waals surface area (Å²) >= 11 is 5.97. The molecule has 1 aromatic carbocycles. The predicted molar refractivity (Wildman–Crippen MR) is 154 cm³/mol. The topological polar surface area (TPSA) is 83.0 Å². The van der Waals surface area contributed by atoms with E-state index in [0.29, 0.717) is 28.1 Å². The molecule has 0 amide bonds. The van der Waals surface area contributed by atoms with E-state index in [0.717, 1.165) is 37.7 Å². The Labute approximate surface area is 248 Å². The Morgan fingerprint density at radius 1 is 1.05 bits per heavy atom. The summed E-state index contributed by atoms with van der Waals surface area (Å²) in [5.41, 5.74) is 3.30. The van der Waals surface area contributed by atoms with Crippen molar-refractivity contribution in [2.45, 2.75) is 59.4 Å². The molecule has 0 aliphatic carbocycles. The number of piperidine rings is 1. The van der Waals surface area contributed by atoms with Crippen LogP contribution in [0.3, 0.4) is 0 Å². The Balaban J connectivity index is 1.42. The molecule has 11 heteroatoms. The van der Waals surface area contributed by atoms with Gasteiger partial charge in [-0.25, -0.2) is 18.6 Å². The number of esters is 1. The molecule has 2 aliphatic heterocycles. The molecule has 42 heavy (non-hydrogen) atoms. The van der Waals surface area contributed by atoms with Crippen LogP contribution in [0, 0.1) is 24.0 Å². The van der Waals surface area contributed by atoms with Crippen molar-refractivity contribution in [1.82, 2.24) is 9.97 Å². The molecule has 2 aromatic heterocycles. The molecule has 2 aliphatic rings. The molecular weight excluding hydrogens is 568 g/mol. The predicted octanol–water partition coefficient (Wildman–Crippen LogP) is 6.82. The maximum Gasteiger partial charge on any atom is 0.342 e. The highest BCUT2D eigenvalue weighted by molar-refractivity contribution is 6.32. The number of hydrogen-bond acceptors (Lipinski definition) is 8. The van der Waals surface area contributed by atoms with Crippen molar-refractivity contribution in [2.24, 2.45) is 5.41 Å². The molecule has 224 valence electrons. The minimum absolute atomic E-state index is 0.0149. The van der Waals surface area contributed by atoms with Gasteiger partial charge in [0.2, 0.25) is 5.79 Å². The highest BCUT2D eigenvalue weighted by atomic mass is 35.5. The van der Waals surface area contributed by atoms with Gasteiger partial charge in [-0.15, -0.1) is 0 Å². The summed E-state index contributed by atoms with van der Waals surface area (Å²) in [5, 5.41) is 0.127. The van der Waals surface area contributed by atoms with Crippen molar-refractivity contribution < 1.29 is 32.5 Å². The molecule has 8 nitrogen and oxygen atoms in total. The van der Waals surface area contributed by atoms with E-state index in [1.165, 1.54) is 24.4 Å². The van der Waals surface area contributed by atoms with Gasteiger partial charge < -0.3 is 23.8 Å². The number of hydrogen-bond donors (Lipinski definition) is 0. The average Bonchev–Trinajstić information content (AvgIpc) is 3.19. The van der Waals surface area contributed by atoms with E-state index in [1.54, 1.807) is 20.0 Å². The van der Waals surface area contributed by atoms with Gasteiger partial charge in [-0.3, -0.25) is 4.98 Å². The molecule has 0 N–H and O–H groups in total. The molecule has 0 saturated carbocycles. The number of aryl methyl sites for hydroxylation is 1. The van der Waals surface area contributed by atoms with Crippen LogP contribution in [0.25, 0.3) is 11.1 Å². The van der Waals surface area contributed by atoms with Gasteiger partial charge in [0.05, 0.1) is 10.7 Å². The van der Waals surface area contributed by atoms with Crippen molar-refractivity contribution in [3.05, 3.63) is 64.6 Å². The zero-order valence-corrected chi connectivity index (χ0v) is 25.1. The summed E-state index contributed by atoms with van der Waals surface area (Å²) in [4.78, 5) is 24.0. The second-order valence-corrected chi connectivity index (χ2v) is 12.2. The van der Waals surface area contributed by atoms with Gasteiger partial charge in [0.25, 0.3) is 5.88 Å². The first-order valence-electron chi connectivity index (χ1n) is 13.9. The Morgan fingerprint density at radius 2 is 1.76 bits per heavy atom. The fourth-order valence-electron chi connectivity index (χ4n) is 5.20. The number of halogens is 3. The highest BCUT2D eigenvalue weighted by Gasteiger charge is 2.45. The molecular formula is C31H34ClF2N3O5. The monoisotopic (exact) mass is 601 g/mol. The van der Waals surface area contributed by atoms with Gasteiger partial charge in [-0.1, -0.05) is 25.4 Å². The average molecular weight is 602 g/mol. The molecule has 5 rings (SSSR count). The number of anilines is 1. The summed E-state index contributed by atoms with van der Waals surface area (Å²) in [6, 6.07) is 5.12. The van der Waals surface area contributed by atoms with E-state index in [4.69, 9.17) is 30.5 Å². The van der Waals surface area contributed by atoms with E-state index >= 15 is 4.39 Å². The van der Waals surface area contributed by atoms with E-state index in [1.807, 2.05) is 6.92 Å². The number of aromatic nitrogens is 2. The molecule has 0 radical (unpaired) electrons. The lowest BCUT2D eigenvalue weighted by molar-refractivity contribution is -0.160. The Bertz CT molecular complexity index is 1490. The van der Waals surface area contributed by atoms with Gasteiger partial charge >= 0.3 is 5.97 Å². The van der Waals surface area contributed by atoms with Crippen molar-refractivity contribution in [3.63, 3.8) is 0 Å². The number of pyridine rings is 2. The second-order valence-electron chi connectivity index (χ2n) is 11.8. The highest BCUT2D eigenvalue weighted by Crippen LogP contribution is 2.46. The summed E-state index contributed by atoms with van der Waals surface area (Å²) in [6.07, 6.45) is 4.11. The molecule has 0 spiro atoms. The number of cyclic esters (lactones) is 1. The summed E-state index contributed by atoms with van der Waals surface area (Å²) in [6.45, 7) is 11.2. The number of rotatable bonds is 8. The van der Waals surface area contributed by atoms with Crippen molar-refractivity contribution >= 4 is 23.3 Å². The summed E-state index contributed by atoms with van der Waals surface area (Å²) < 4.78 is 51.1.